The Morgan fingerprint density at radius 3 is 2.25 bits per heavy atom. The van der Waals surface area contributed by atoms with E-state index < -0.39 is 0 Å². The van der Waals surface area contributed by atoms with Crippen molar-refractivity contribution in [2.45, 2.75) is 13.3 Å². The van der Waals surface area contributed by atoms with Crippen molar-refractivity contribution in [1.82, 2.24) is 0 Å². The van der Waals surface area contributed by atoms with Gasteiger partial charge in [-0.05, 0) is 11.8 Å². The molecule has 0 atom stereocenters. The zero-order valence-electron chi connectivity index (χ0n) is 2.69. The molecule has 0 aromatic heterocycles. The fraction of sp³-hybridized carbons (Fsp3) is 0.667. The van der Waals surface area contributed by atoms with Gasteiger partial charge < -0.3 is 0 Å². The van der Waals surface area contributed by atoms with E-state index in [1.807, 2.05) is 6.92 Å². The summed E-state index contributed by atoms with van der Waals surface area (Å²) in [5.74, 6) is 0. The van der Waals surface area contributed by atoms with Crippen LogP contribution < -0.4 is 0 Å². The standard InChI is InChI=1S/C3H6S/c1-2-3-4/h3H,2H2,1H3. The number of rotatable bonds is 1. The summed E-state index contributed by atoms with van der Waals surface area (Å²) in [6, 6.07) is 0. The monoisotopic (exact) mass is 74.0 g/mol. The molecule has 1 heteroatoms. The Hall–Kier alpha value is 0.0900. The Bertz CT molecular complexity index is 17.2. The van der Waals surface area contributed by atoms with Crippen molar-refractivity contribution in [1.29, 1.82) is 0 Å². The van der Waals surface area contributed by atoms with Crippen LogP contribution in [0, 0.1) is 0 Å². The average Bonchev–Trinajstić information content (AvgIpc) is 1.37. The van der Waals surface area contributed by atoms with Gasteiger partial charge in [0, 0.05) is 0 Å². The average molecular weight is 74.1 g/mol. The van der Waals surface area contributed by atoms with Crippen molar-refractivity contribution in [3.8, 4) is 0 Å². The van der Waals surface area contributed by atoms with Crippen molar-refractivity contribution in [3.05, 3.63) is 0 Å². The normalized spacial score (nSPS) is 6.25. The summed E-state index contributed by atoms with van der Waals surface area (Å²) in [5.41, 5.74) is 0. The minimum Gasteiger partial charge on any atom is -0.0935 e. The van der Waals surface area contributed by atoms with Crippen LogP contribution in [-0.2, 0) is 0 Å². The van der Waals surface area contributed by atoms with E-state index in [9.17, 15) is 0 Å². The molecule has 0 aliphatic heterocycles. The summed E-state index contributed by atoms with van der Waals surface area (Å²) in [4.78, 5) is 0. The zero-order chi connectivity index (χ0) is 3.41. The van der Waals surface area contributed by atoms with Gasteiger partial charge in [0.15, 0.2) is 0 Å². The van der Waals surface area contributed by atoms with Gasteiger partial charge in [-0.15, -0.1) is 0 Å². The summed E-state index contributed by atoms with van der Waals surface area (Å²) in [6.07, 6.45) is 1.01. The molecule has 0 bridgehead atoms. The topological polar surface area (TPSA) is 0 Å². The number of hydrogen-bond donors (Lipinski definition) is 0. The van der Waals surface area contributed by atoms with Crippen molar-refractivity contribution in [3.63, 3.8) is 0 Å². The van der Waals surface area contributed by atoms with Crippen LogP contribution in [0.25, 0.3) is 0 Å². The predicted molar refractivity (Wildman–Crippen MR) is 23.9 cm³/mol. The van der Waals surface area contributed by atoms with Gasteiger partial charge in [-0.2, -0.15) is 0 Å². The fourth-order valence-electron chi connectivity index (χ4n) is 0. The molecule has 4 heavy (non-hydrogen) atoms. The third-order valence-corrected chi connectivity index (χ3v) is 0.500. The van der Waals surface area contributed by atoms with Crippen LogP contribution in [0.1, 0.15) is 13.3 Å². The fourth-order valence-corrected chi connectivity index (χ4v) is 0. The molecular formula is C3H6S. The summed E-state index contributed by atoms with van der Waals surface area (Å²) >= 11 is 4.43. The third-order valence-electron chi connectivity index (χ3n) is 0.167. The highest BCUT2D eigenvalue weighted by molar-refractivity contribution is 7.78. The van der Waals surface area contributed by atoms with E-state index in [1.165, 1.54) is 0 Å². The van der Waals surface area contributed by atoms with Crippen molar-refractivity contribution in [2.75, 3.05) is 0 Å². The maximum atomic E-state index is 4.43. The number of hydrogen-bond acceptors (Lipinski definition) is 1. The molecule has 0 spiro atoms. The van der Waals surface area contributed by atoms with Gasteiger partial charge in [0.25, 0.3) is 0 Å². The van der Waals surface area contributed by atoms with Crippen molar-refractivity contribution < 1.29 is 0 Å². The second kappa shape index (κ2) is 3.09. The lowest BCUT2D eigenvalue weighted by atomic mass is 10.6. The Labute approximate surface area is 31.8 Å². The highest BCUT2D eigenvalue weighted by Crippen LogP contribution is 1.59. The van der Waals surface area contributed by atoms with Crippen LogP contribution in [0.4, 0.5) is 0 Å². The Kier molecular flexibility index (Phi) is 3.16. The molecule has 0 saturated heterocycles. The van der Waals surface area contributed by atoms with Crippen LogP contribution in [0.3, 0.4) is 0 Å². The molecule has 0 fully saturated rings. The molecular weight excluding hydrogens is 68.1 g/mol. The maximum Gasteiger partial charge on any atom is -0.0213 e. The molecule has 0 aromatic carbocycles. The summed E-state index contributed by atoms with van der Waals surface area (Å²) in [5, 5.41) is 1.71. The molecule has 0 N–H and O–H groups in total. The quantitative estimate of drug-likeness (QED) is 0.423. The molecule has 0 heterocycles. The second-order valence-corrected chi connectivity index (χ2v) is 0.908. The molecule has 0 aliphatic rings. The zero-order valence-corrected chi connectivity index (χ0v) is 3.51. The van der Waals surface area contributed by atoms with Crippen LogP contribution in [0.2, 0.25) is 0 Å². The van der Waals surface area contributed by atoms with Crippen LogP contribution >= 0.6 is 12.2 Å². The van der Waals surface area contributed by atoms with E-state index >= 15 is 0 Å². The smallest absolute Gasteiger partial charge is 0.0213 e. The lowest BCUT2D eigenvalue weighted by Crippen LogP contribution is -1.49. The molecule has 0 nitrogen and oxygen atoms in total. The molecule has 0 aliphatic carbocycles. The lowest BCUT2D eigenvalue weighted by Gasteiger charge is -1.55. The molecule has 0 aromatic rings. The first-order valence-electron chi connectivity index (χ1n) is 1.35. The summed E-state index contributed by atoms with van der Waals surface area (Å²) < 4.78 is 0. The highest BCUT2D eigenvalue weighted by Gasteiger charge is 1.48. The van der Waals surface area contributed by atoms with Gasteiger partial charge in [-0.1, -0.05) is 19.1 Å². The molecule has 0 unspecified atom stereocenters. The Morgan fingerprint density at radius 1 is 2.00 bits per heavy atom. The molecule has 0 radical (unpaired) electrons. The largest absolute Gasteiger partial charge is 0.0935 e. The first-order valence-corrected chi connectivity index (χ1v) is 1.82. The van der Waals surface area contributed by atoms with E-state index in [0.717, 1.165) is 6.42 Å². The summed E-state index contributed by atoms with van der Waals surface area (Å²) in [6.45, 7) is 2.02. The van der Waals surface area contributed by atoms with Crippen LogP contribution in [0.15, 0.2) is 0 Å². The Balaban J connectivity index is 2.30. The van der Waals surface area contributed by atoms with E-state index in [2.05, 4.69) is 12.2 Å². The van der Waals surface area contributed by atoms with Gasteiger partial charge >= 0.3 is 0 Å². The highest BCUT2D eigenvalue weighted by atomic mass is 32.1. The second-order valence-electron chi connectivity index (χ2n) is 0.575. The van der Waals surface area contributed by atoms with Crippen LogP contribution in [0.5, 0.6) is 0 Å². The minimum atomic E-state index is 1.01. The van der Waals surface area contributed by atoms with Gasteiger partial charge in [0.05, 0.1) is 0 Å². The maximum absolute atomic E-state index is 4.43. The van der Waals surface area contributed by atoms with Crippen LogP contribution in [-0.4, -0.2) is 5.37 Å². The lowest BCUT2D eigenvalue weighted by molar-refractivity contribution is 1.35. The van der Waals surface area contributed by atoms with E-state index in [0.29, 0.717) is 0 Å². The molecule has 0 rings (SSSR count). The van der Waals surface area contributed by atoms with E-state index in [4.69, 9.17) is 0 Å². The first-order chi connectivity index (χ1) is 1.91. The molecule has 0 amide bonds. The first kappa shape index (κ1) is 4.09. The SMILES string of the molecule is CCC=S. The van der Waals surface area contributed by atoms with Crippen molar-refractivity contribution >= 4 is 17.6 Å². The predicted octanol–water partition coefficient (Wildman–Crippen LogP) is 1.40. The van der Waals surface area contributed by atoms with Gasteiger partial charge in [-0.3, -0.25) is 0 Å². The Morgan fingerprint density at radius 2 is 2.25 bits per heavy atom. The van der Waals surface area contributed by atoms with Crippen molar-refractivity contribution in [2.24, 2.45) is 0 Å². The summed E-state index contributed by atoms with van der Waals surface area (Å²) in [7, 11) is 0. The van der Waals surface area contributed by atoms with Gasteiger partial charge in [-0.25, -0.2) is 0 Å². The minimum absolute atomic E-state index is 1.01. The number of thiocarbonyl (C=S) groups is 1. The van der Waals surface area contributed by atoms with E-state index in [1.54, 1.807) is 5.37 Å². The third kappa shape index (κ3) is 2.09. The van der Waals surface area contributed by atoms with Gasteiger partial charge in [0.2, 0.25) is 0 Å². The van der Waals surface area contributed by atoms with Gasteiger partial charge in [0.1, 0.15) is 0 Å². The molecule has 0 saturated carbocycles. The molecule has 24 valence electrons. The van der Waals surface area contributed by atoms with E-state index in [-0.39, 0.29) is 0 Å².